The molecule has 2 heterocycles. The lowest BCUT2D eigenvalue weighted by Gasteiger charge is -2.20. The summed E-state index contributed by atoms with van der Waals surface area (Å²) in [5.74, 6) is 0.213. The fourth-order valence-corrected chi connectivity index (χ4v) is 2.01. The zero-order valence-electron chi connectivity index (χ0n) is 9.02. The third kappa shape index (κ3) is 2.17. The van der Waals surface area contributed by atoms with Gasteiger partial charge in [0.2, 0.25) is 5.91 Å². The minimum atomic E-state index is -0.0360. The van der Waals surface area contributed by atoms with Crippen LogP contribution in [0.15, 0.2) is 24.5 Å². The summed E-state index contributed by atoms with van der Waals surface area (Å²) in [5.41, 5.74) is 1.06. The van der Waals surface area contributed by atoms with Crippen LogP contribution in [0.5, 0.6) is 0 Å². The Kier molecular flexibility index (Phi) is 2.99. The van der Waals surface area contributed by atoms with Crippen molar-refractivity contribution in [1.29, 1.82) is 0 Å². The molecule has 1 aliphatic heterocycles. The van der Waals surface area contributed by atoms with Crippen molar-refractivity contribution in [1.82, 2.24) is 9.88 Å². The van der Waals surface area contributed by atoms with Crippen LogP contribution < -0.4 is 0 Å². The summed E-state index contributed by atoms with van der Waals surface area (Å²) >= 11 is 0. The van der Waals surface area contributed by atoms with Crippen molar-refractivity contribution >= 4 is 5.91 Å². The molecule has 1 aromatic rings. The number of nitrogens with zero attached hydrogens (tertiary/aromatic N) is 2. The van der Waals surface area contributed by atoms with E-state index in [2.05, 4.69) is 4.98 Å². The molecule has 1 fully saturated rings. The van der Waals surface area contributed by atoms with Crippen LogP contribution in [0.4, 0.5) is 0 Å². The molecule has 1 amide bonds. The lowest BCUT2D eigenvalue weighted by atomic mass is 10.0. The number of carbonyl (C=O) groups excluding carboxylic acids is 1. The van der Waals surface area contributed by atoms with Gasteiger partial charge in [0.15, 0.2) is 0 Å². The second-order valence-corrected chi connectivity index (χ2v) is 4.03. The van der Waals surface area contributed by atoms with E-state index in [0.29, 0.717) is 0 Å². The summed E-state index contributed by atoms with van der Waals surface area (Å²) < 4.78 is 0. The van der Waals surface area contributed by atoms with E-state index in [9.17, 15) is 4.79 Å². The second-order valence-electron chi connectivity index (χ2n) is 4.03. The van der Waals surface area contributed by atoms with E-state index < -0.39 is 0 Å². The molecule has 1 saturated heterocycles. The van der Waals surface area contributed by atoms with E-state index in [-0.39, 0.29) is 11.8 Å². The van der Waals surface area contributed by atoms with Gasteiger partial charge in [-0.1, -0.05) is 0 Å². The smallest absolute Gasteiger partial charge is 0.229 e. The molecule has 0 N–H and O–H groups in total. The zero-order chi connectivity index (χ0) is 10.7. The highest BCUT2D eigenvalue weighted by Gasteiger charge is 2.23. The molecule has 2 rings (SSSR count). The molecule has 0 aliphatic carbocycles. The second kappa shape index (κ2) is 4.43. The van der Waals surface area contributed by atoms with E-state index >= 15 is 0 Å². The van der Waals surface area contributed by atoms with Gasteiger partial charge in [-0.05, 0) is 37.5 Å². The normalized spacial score (nSPS) is 17.8. The highest BCUT2D eigenvalue weighted by atomic mass is 16.2. The van der Waals surface area contributed by atoms with Crippen molar-refractivity contribution in [3.05, 3.63) is 30.1 Å². The van der Waals surface area contributed by atoms with Gasteiger partial charge in [0.25, 0.3) is 0 Å². The maximum absolute atomic E-state index is 12.1. The Morgan fingerprint density at radius 1 is 1.33 bits per heavy atom. The van der Waals surface area contributed by atoms with Gasteiger partial charge in [-0.25, -0.2) is 0 Å². The molecule has 1 aliphatic rings. The van der Waals surface area contributed by atoms with E-state index in [1.165, 1.54) is 0 Å². The molecule has 1 aromatic heterocycles. The number of pyridine rings is 1. The van der Waals surface area contributed by atoms with Gasteiger partial charge in [-0.3, -0.25) is 9.78 Å². The van der Waals surface area contributed by atoms with E-state index in [0.717, 1.165) is 31.5 Å². The molecule has 0 radical (unpaired) electrons. The average molecular weight is 204 g/mol. The number of hydrogen-bond donors (Lipinski definition) is 0. The number of rotatable bonds is 2. The van der Waals surface area contributed by atoms with Crippen molar-refractivity contribution in [3.63, 3.8) is 0 Å². The first-order valence-corrected chi connectivity index (χ1v) is 5.48. The summed E-state index contributed by atoms with van der Waals surface area (Å²) in [4.78, 5) is 18.0. The van der Waals surface area contributed by atoms with Crippen LogP contribution in [0.25, 0.3) is 0 Å². The van der Waals surface area contributed by atoms with Crippen molar-refractivity contribution in [2.45, 2.75) is 25.7 Å². The van der Waals surface area contributed by atoms with Crippen LogP contribution in [0.3, 0.4) is 0 Å². The largest absolute Gasteiger partial charge is 0.342 e. The minimum Gasteiger partial charge on any atom is -0.342 e. The highest BCUT2D eigenvalue weighted by Crippen LogP contribution is 2.19. The molecule has 0 spiro atoms. The molecule has 0 bridgehead atoms. The van der Waals surface area contributed by atoms with E-state index in [1.807, 2.05) is 24.0 Å². The van der Waals surface area contributed by atoms with Crippen LogP contribution in [0.2, 0.25) is 0 Å². The van der Waals surface area contributed by atoms with Gasteiger partial charge in [-0.15, -0.1) is 0 Å². The monoisotopic (exact) mass is 204 g/mol. The summed E-state index contributed by atoms with van der Waals surface area (Å²) in [6.07, 6.45) is 5.77. The number of aromatic nitrogens is 1. The summed E-state index contributed by atoms with van der Waals surface area (Å²) in [5, 5.41) is 0. The maximum atomic E-state index is 12.1. The molecule has 15 heavy (non-hydrogen) atoms. The summed E-state index contributed by atoms with van der Waals surface area (Å²) in [6.45, 7) is 3.82. The van der Waals surface area contributed by atoms with Gasteiger partial charge < -0.3 is 4.90 Å². The number of amides is 1. The molecule has 80 valence electrons. The first kappa shape index (κ1) is 10.1. The third-order valence-electron chi connectivity index (χ3n) is 2.99. The predicted molar refractivity (Wildman–Crippen MR) is 58.5 cm³/mol. The first-order chi connectivity index (χ1) is 7.29. The van der Waals surface area contributed by atoms with Gasteiger partial charge in [0.05, 0.1) is 5.92 Å². The van der Waals surface area contributed by atoms with Crippen LogP contribution in [-0.2, 0) is 4.79 Å². The van der Waals surface area contributed by atoms with Crippen LogP contribution in [0.1, 0.15) is 31.2 Å². The Morgan fingerprint density at radius 3 is 2.53 bits per heavy atom. The van der Waals surface area contributed by atoms with Crippen LogP contribution in [0, 0.1) is 0 Å². The Bertz CT molecular complexity index is 331. The Morgan fingerprint density at radius 2 is 1.93 bits per heavy atom. The van der Waals surface area contributed by atoms with Gasteiger partial charge in [0, 0.05) is 25.5 Å². The zero-order valence-corrected chi connectivity index (χ0v) is 9.02. The molecule has 0 aromatic carbocycles. The fourth-order valence-electron chi connectivity index (χ4n) is 2.01. The molecule has 0 saturated carbocycles. The topological polar surface area (TPSA) is 33.2 Å². The van der Waals surface area contributed by atoms with E-state index in [4.69, 9.17) is 0 Å². The average Bonchev–Trinajstić information content (AvgIpc) is 2.82. The number of carbonyl (C=O) groups is 1. The van der Waals surface area contributed by atoms with Crippen molar-refractivity contribution < 1.29 is 4.79 Å². The number of likely N-dealkylation sites (tertiary alicyclic amines) is 1. The molecule has 1 atom stereocenters. The third-order valence-corrected chi connectivity index (χ3v) is 2.99. The molecule has 3 heteroatoms. The predicted octanol–water partition coefficient (Wildman–Crippen LogP) is 1.81. The Hall–Kier alpha value is -1.38. The highest BCUT2D eigenvalue weighted by molar-refractivity contribution is 5.83. The Balaban J connectivity index is 2.07. The van der Waals surface area contributed by atoms with Gasteiger partial charge in [-0.2, -0.15) is 0 Å². The van der Waals surface area contributed by atoms with Crippen LogP contribution >= 0.6 is 0 Å². The van der Waals surface area contributed by atoms with E-state index in [1.54, 1.807) is 12.4 Å². The fraction of sp³-hybridized carbons (Fsp3) is 0.500. The summed E-state index contributed by atoms with van der Waals surface area (Å²) in [6, 6.07) is 3.83. The molecule has 0 unspecified atom stereocenters. The molecular formula is C12H16N2O. The quantitative estimate of drug-likeness (QED) is 0.736. The SMILES string of the molecule is C[C@@H](C(=O)N1CCCC1)c1ccncc1. The first-order valence-electron chi connectivity index (χ1n) is 5.48. The van der Waals surface area contributed by atoms with Crippen molar-refractivity contribution in [2.24, 2.45) is 0 Å². The molecule has 3 nitrogen and oxygen atoms in total. The lowest BCUT2D eigenvalue weighted by Crippen LogP contribution is -2.31. The minimum absolute atomic E-state index is 0.0360. The number of hydrogen-bond acceptors (Lipinski definition) is 2. The van der Waals surface area contributed by atoms with Crippen LogP contribution in [-0.4, -0.2) is 28.9 Å². The van der Waals surface area contributed by atoms with Crippen molar-refractivity contribution in [2.75, 3.05) is 13.1 Å². The summed E-state index contributed by atoms with van der Waals surface area (Å²) in [7, 11) is 0. The molecular weight excluding hydrogens is 188 g/mol. The van der Waals surface area contributed by atoms with Gasteiger partial charge >= 0.3 is 0 Å². The lowest BCUT2D eigenvalue weighted by molar-refractivity contribution is -0.131. The maximum Gasteiger partial charge on any atom is 0.229 e. The Labute approximate surface area is 90.1 Å². The van der Waals surface area contributed by atoms with Gasteiger partial charge in [0.1, 0.15) is 0 Å². The standard InChI is InChI=1S/C12H16N2O/c1-10(11-4-6-13-7-5-11)12(15)14-8-2-3-9-14/h4-7,10H,2-3,8-9H2,1H3/t10-/m1/s1. The van der Waals surface area contributed by atoms with Crippen molar-refractivity contribution in [3.8, 4) is 0 Å².